The number of rotatable bonds is 7. The van der Waals surface area contributed by atoms with Crippen molar-refractivity contribution in [2.75, 3.05) is 0 Å². The highest BCUT2D eigenvalue weighted by Gasteiger charge is 2.30. The van der Waals surface area contributed by atoms with Crippen molar-refractivity contribution < 1.29 is 13.2 Å². The fourth-order valence-electron chi connectivity index (χ4n) is 8.13. The van der Waals surface area contributed by atoms with Crippen molar-refractivity contribution in [1.82, 2.24) is 14.5 Å². The van der Waals surface area contributed by atoms with E-state index in [4.69, 9.17) is 9.97 Å². The van der Waals surface area contributed by atoms with Crippen molar-refractivity contribution >= 4 is 21.8 Å². The molecule has 288 valence electrons. The van der Waals surface area contributed by atoms with Gasteiger partial charge in [-0.05, 0) is 77.7 Å². The van der Waals surface area contributed by atoms with Crippen LogP contribution in [0.4, 0.5) is 13.2 Å². The highest BCUT2D eigenvalue weighted by atomic mass is 19.4. The van der Waals surface area contributed by atoms with E-state index in [1.54, 1.807) is 12.1 Å². The van der Waals surface area contributed by atoms with Crippen LogP contribution >= 0.6 is 0 Å². The molecule has 0 aliphatic carbocycles. The fourth-order valence-corrected chi connectivity index (χ4v) is 8.13. The molecule has 10 rings (SSSR count). The first-order valence-corrected chi connectivity index (χ1v) is 19.8. The van der Waals surface area contributed by atoms with Gasteiger partial charge >= 0.3 is 6.18 Å². The molecule has 2 aromatic heterocycles. The SMILES string of the molecule is Cc1ccc(-c2cc(-c3cc(-c4ccccc4)nc(-c4ccccc4)n3)cc(-c3ccc(C(F)(F)F)cc3)c2-n2c3ccccc3c3cc(-c4ccccc4)ccc32)cc1. The maximum absolute atomic E-state index is 14.1. The number of nitrogens with zero attached hydrogens (tertiary/aromatic N) is 3. The van der Waals surface area contributed by atoms with Gasteiger partial charge in [0.15, 0.2) is 5.82 Å². The Morgan fingerprint density at radius 1 is 0.400 bits per heavy atom. The number of hydrogen-bond acceptors (Lipinski definition) is 2. The third kappa shape index (κ3) is 6.82. The van der Waals surface area contributed by atoms with Gasteiger partial charge in [-0.15, -0.1) is 0 Å². The molecule has 0 N–H and O–H groups in total. The molecule has 0 fully saturated rings. The quantitative estimate of drug-likeness (QED) is 0.161. The number of halogens is 3. The van der Waals surface area contributed by atoms with Crippen molar-refractivity contribution in [3.63, 3.8) is 0 Å². The van der Waals surface area contributed by atoms with E-state index in [0.717, 1.165) is 83.3 Å². The van der Waals surface area contributed by atoms with Gasteiger partial charge in [0.2, 0.25) is 0 Å². The van der Waals surface area contributed by atoms with E-state index in [-0.39, 0.29) is 0 Å². The van der Waals surface area contributed by atoms with E-state index < -0.39 is 11.7 Å². The maximum atomic E-state index is 14.1. The first-order valence-electron chi connectivity index (χ1n) is 19.8. The molecule has 0 unspecified atom stereocenters. The number of para-hydroxylation sites is 1. The van der Waals surface area contributed by atoms with Gasteiger partial charge in [-0.25, -0.2) is 9.97 Å². The summed E-state index contributed by atoms with van der Waals surface area (Å²) < 4.78 is 44.5. The molecule has 3 nitrogen and oxygen atoms in total. The van der Waals surface area contributed by atoms with Crippen LogP contribution in [0.1, 0.15) is 11.1 Å². The molecule has 0 amide bonds. The van der Waals surface area contributed by atoms with E-state index in [0.29, 0.717) is 17.1 Å². The minimum absolute atomic E-state index is 0.570. The van der Waals surface area contributed by atoms with Crippen LogP contribution in [0.25, 0.3) is 94.8 Å². The monoisotopic (exact) mass is 783 g/mol. The first-order chi connectivity index (χ1) is 29.3. The van der Waals surface area contributed by atoms with Gasteiger partial charge in [-0.2, -0.15) is 13.2 Å². The summed E-state index contributed by atoms with van der Waals surface area (Å²) in [6.07, 6.45) is -4.48. The van der Waals surface area contributed by atoms with Crippen LogP contribution < -0.4 is 0 Å². The largest absolute Gasteiger partial charge is 0.416 e. The number of fused-ring (bicyclic) bond motifs is 3. The fraction of sp³-hybridized carbons (Fsp3) is 0.0370. The van der Waals surface area contributed by atoms with E-state index in [1.807, 2.05) is 97.1 Å². The molecule has 0 atom stereocenters. The van der Waals surface area contributed by atoms with E-state index in [2.05, 4.69) is 90.4 Å². The molecule has 0 saturated heterocycles. The lowest BCUT2D eigenvalue weighted by molar-refractivity contribution is -0.137. The molecular formula is C54H36F3N3. The second kappa shape index (κ2) is 15.0. The molecule has 0 spiro atoms. The topological polar surface area (TPSA) is 30.7 Å². The minimum Gasteiger partial charge on any atom is -0.308 e. The maximum Gasteiger partial charge on any atom is 0.416 e. The van der Waals surface area contributed by atoms with Crippen LogP contribution in [0.15, 0.2) is 200 Å². The normalized spacial score (nSPS) is 11.7. The Labute approximate surface area is 345 Å². The van der Waals surface area contributed by atoms with Crippen molar-refractivity contribution in [3.05, 3.63) is 211 Å². The first kappa shape index (κ1) is 36.7. The van der Waals surface area contributed by atoms with Crippen LogP contribution in [-0.2, 0) is 6.18 Å². The lowest BCUT2D eigenvalue weighted by Gasteiger charge is -2.22. The predicted octanol–water partition coefficient (Wildman–Crippen LogP) is 14.9. The third-order valence-electron chi connectivity index (χ3n) is 11.1. The lowest BCUT2D eigenvalue weighted by atomic mass is 9.91. The number of benzene rings is 8. The second-order valence-electron chi connectivity index (χ2n) is 15.0. The number of aryl methyl sites for hydroxylation is 1. The minimum atomic E-state index is -4.48. The molecule has 0 aliphatic heterocycles. The van der Waals surface area contributed by atoms with Gasteiger partial charge in [-0.3, -0.25) is 0 Å². The smallest absolute Gasteiger partial charge is 0.308 e. The molecule has 2 heterocycles. The average molecular weight is 784 g/mol. The summed E-state index contributed by atoms with van der Waals surface area (Å²) >= 11 is 0. The Bertz CT molecular complexity index is 3100. The summed E-state index contributed by atoms with van der Waals surface area (Å²) in [4.78, 5) is 10.2. The van der Waals surface area contributed by atoms with Crippen LogP contribution in [0.2, 0.25) is 0 Å². The van der Waals surface area contributed by atoms with Gasteiger partial charge in [0, 0.05) is 38.6 Å². The summed E-state index contributed by atoms with van der Waals surface area (Å²) in [5, 5.41) is 2.14. The van der Waals surface area contributed by atoms with Crippen molar-refractivity contribution in [2.24, 2.45) is 0 Å². The van der Waals surface area contributed by atoms with Crippen molar-refractivity contribution in [3.8, 4) is 73.0 Å². The van der Waals surface area contributed by atoms with E-state index in [1.165, 1.54) is 12.1 Å². The molecule has 0 aliphatic rings. The predicted molar refractivity (Wildman–Crippen MR) is 239 cm³/mol. The molecule has 0 bridgehead atoms. The summed E-state index contributed by atoms with van der Waals surface area (Å²) in [6.45, 7) is 2.06. The highest BCUT2D eigenvalue weighted by molar-refractivity contribution is 6.12. The number of alkyl halides is 3. The van der Waals surface area contributed by atoms with Gasteiger partial charge in [0.25, 0.3) is 0 Å². The van der Waals surface area contributed by atoms with Gasteiger partial charge in [0.1, 0.15) is 0 Å². The third-order valence-corrected chi connectivity index (χ3v) is 11.1. The van der Waals surface area contributed by atoms with Gasteiger partial charge in [0.05, 0.1) is 33.7 Å². The van der Waals surface area contributed by atoms with Crippen molar-refractivity contribution in [1.29, 1.82) is 0 Å². The van der Waals surface area contributed by atoms with Crippen LogP contribution in [-0.4, -0.2) is 14.5 Å². The Kier molecular flexibility index (Phi) is 9.18. The molecule has 10 aromatic rings. The molecule has 0 saturated carbocycles. The molecule has 0 radical (unpaired) electrons. The molecule has 60 heavy (non-hydrogen) atoms. The van der Waals surface area contributed by atoms with E-state index >= 15 is 0 Å². The lowest BCUT2D eigenvalue weighted by Crippen LogP contribution is -2.05. The van der Waals surface area contributed by atoms with E-state index in [9.17, 15) is 13.2 Å². The summed E-state index contributed by atoms with van der Waals surface area (Å²) in [7, 11) is 0. The summed E-state index contributed by atoms with van der Waals surface area (Å²) in [6, 6.07) is 65.2. The van der Waals surface area contributed by atoms with Gasteiger partial charge in [-0.1, -0.05) is 157 Å². The van der Waals surface area contributed by atoms with Crippen LogP contribution in [0, 0.1) is 6.92 Å². The summed E-state index contributed by atoms with van der Waals surface area (Å²) in [5.74, 6) is 0.570. The zero-order valence-corrected chi connectivity index (χ0v) is 32.5. The molecule has 8 aromatic carbocycles. The standard InChI is InChI=1S/C54H36F3N3/c1-35-21-23-37(24-22-35)45-32-42(49-34-48(39-15-7-3-8-16-39)58-53(59-49)40-17-9-4-10-18-40)33-46(38-25-28-43(29-26-38)54(55,56)57)52(45)60-50-20-12-11-19-44(50)47-31-41(27-30-51(47)60)36-13-5-2-6-14-36/h2-34H,1H3. The molecule has 6 heteroatoms. The van der Waals surface area contributed by atoms with Gasteiger partial charge < -0.3 is 4.57 Å². The number of aromatic nitrogens is 3. The molecular weight excluding hydrogens is 748 g/mol. The van der Waals surface area contributed by atoms with Crippen LogP contribution in [0.3, 0.4) is 0 Å². The van der Waals surface area contributed by atoms with Crippen molar-refractivity contribution in [2.45, 2.75) is 13.1 Å². The Balaban J connectivity index is 1.31. The summed E-state index contributed by atoms with van der Waals surface area (Å²) in [5.41, 5.74) is 12.7. The Morgan fingerprint density at radius 3 is 1.52 bits per heavy atom. The van der Waals surface area contributed by atoms with Crippen LogP contribution in [0.5, 0.6) is 0 Å². The zero-order valence-electron chi connectivity index (χ0n) is 32.5. The average Bonchev–Trinajstić information content (AvgIpc) is 3.62. The Hall–Kier alpha value is -7.57. The second-order valence-corrected chi connectivity index (χ2v) is 15.0. The zero-order chi connectivity index (χ0) is 40.8. The number of hydrogen-bond donors (Lipinski definition) is 0. The Morgan fingerprint density at radius 2 is 0.900 bits per heavy atom. The highest BCUT2D eigenvalue weighted by Crippen LogP contribution is 2.45.